The number of carbonyl (C=O) groups excluding carboxylic acids is 1. The lowest BCUT2D eigenvalue weighted by molar-refractivity contribution is 0.102. The molecule has 2 aliphatic heterocycles. The Balaban J connectivity index is 1.30. The molecule has 0 unspecified atom stereocenters. The number of hydrogen-bond acceptors (Lipinski definition) is 5. The van der Waals surface area contributed by atoms with Gasteiger partial charge in [0.2, 0.25) is 10.0 Å². The highest BCUT2D eigenvalue weighted by atomic mass is 32.2. The van der Waals surface area contributed by atoms with Crippen LogP contribution in [0.3, 0.4) is 0 Å². The smallest absolute Gasteiger partial charge is 0.255 e. The zero-order chi connectivity index (χ0) is 24.4. The molecule has 0 aromatic heterocycles. The number of fused-ring (bicyclic) bond motifs is 1. The van der Waals surface area contributed by atoms with Crippen molar-refractivity contribution >= 4 is 27.3 Å². The normalized spacial score (nSPS) is 15.7. The summed E-state index contributed by atoms with van der Waals surface area (Å²) in [6.07, 6.45) is 2.77. The van der Waals surface area contributed by atoms with Gasteiger partial charge >= 0.3 is 0 Å². The quantitative estimate of drug-likeness (QED) is 0.533. The SMILES string of the molecule is COc1ccc(S(=O)(=O)N2CCCC2)cc1NC(=O)c1ccc(CN2CCc3ccccc32)cc1. The van der Waals surface area contributed by atoms with Crippen LogP contribution in [0, 0.1) is 0 Å². The van der Waals surface area contributed by atoms with Crippen molar-refractivity contribution in [2.75, 3.05) is 37.0 Å². The average molecular weight is 492 g/mol. The van der Waals surface area contributed by atoms with Crippen molar-refractivity contribution in [1.29, 1.82) is 0 Å². The third-order valence-corrected chi connectivity index (χ3v) is 8.59. The van der Waals surface area contributed by atoms with Crippen LogP contribution >= 0.6 is 0 Å². The lowest BCUT2D eigenvalue weighted by Crippen LogP contribution is -2.28. The zero-order valence-electron chi connectivity index (χ0n) is 19.7. The molecule has 1 amide bonds. The molecule has 5 rings (SSSR count). The fourth-order valence-corrected chi connectivity index (χ4v) is 6.31. The van der Waals surface area contributed by atoms with Gasteiger partial charge in [0.25, 0.3) is 5.91 Å². The van der Waals surface area contributed by atoms with Crippen molar-refractivity contribution in [2.24, 2.45) is 0 Å². The number of methoxy groups -OCH3 is 1. The summed E-state index contributed by atoms with van der Waals surface area (Å²) in [7, 11) is -2.11. The van der Waals surface area contributed by atoms with Gasteiger partial charge < -0.3 is 15.0 Å². The van der Waals surface area contributed by atoms with Gasteiger partial charge in [-0.25, -0.2) is 8.42 Å². The molecular weight excluding hydrogens is 462 g/mol. The molecule has 3 aromatic rings. The summed E-state index contributed by atoms with van der Waals surface area (Å²) >= 11 is 0. The van der Waals surface area contributed by atoms with Crippen molar-refractivity contribution in [2.45, 2.75) is 30.7 Å². The van der Waals surface area contributed by atoms with E-state index < -0.39 is 10.0 Å². The highest BCUT2D eigenvalue weighted by Crippen LogP contribution is 2.31. The van der Waals surface area contributed by atoms with Crippen molar-refractivity contribution in [3.05, 3.63) is 83.4 Å². The van der Waals surface area contributed by atoms with Crippen molar-refractivity contribution in [3.8, 4) is 5.75 Å². The maximum Gasteiger partial charge on any atom is 0.255 e. The van der Waals surface area contributed by atoms with Crippen molar-refractivity contribution in [3.63, 3.8) is 0 Å². The fraction of sp³-hybridized carbons (Fsp3) is 0.296. The van der Waals surface area contributed by atoms with Gasteiger partial charge in [0, 0.05) is 37.4 Å². The van der Waals surface area contributed by atoms with Crippen LogP contribution < -0.4 is 15.0 Å². The summed E-state index contributed by atoms with van der Waals surface area (Å²) in [6.45, 7) is 2.80. The van der Waals surface area contributed by atoms with Gasteiger partial charge in [-0.1, -0.05) is 30.3 Å². The highest BCUT2D eigenvalue weighted by molar-refractivity contribution is 7.89. The standard InChI is InChI=1S/C27H29N3O4S/c1-34-26-13-12-23(35(32,33)30-15-4-5-16-30)18-24(26)28-27(31)22-10-8-20(9-11-22)19-29-17-14-21-6-2-3-7-25(21)29/h2-3,6-13,18H,4-5,14-17,19H2,1H3,(H,28,31). The van der Waals surface area contributed by atoms with Crippen LogP contribution in [-0.2, 0) is 23.0 Å². The fourth-order valence-electron chi connectivity index (χ4n) is 4.77. The first-order valence-electron chi connectivity index (χ1n) is 11.9. The monoisotopic (exact) mass is 491 g/mol. The second kappa shape index (κ2) is 9.71. The molecule has 1 fully saturated rings. The molecule has 182 valence electrons. The van der Waals surface area contributed by atoms with Gasteiger partial charge in [0.1, 0.15) is 5.75 Å². The van der Waals surface area contributed by atoms with Crippen LogP contribution in [0.15, 0.2) is 71.6 Å². The molecule has 0 bridgehead atoms. The molecule has 0 spiro atoms. The summed E-state index contributed by atoms with van der Waals surface area (Å²) in [6, 6.07) is 20.5. The first-order chi connectivity index (χ1) is 17.0. The number of hydrogen-bond donors (Lipinski definition) is 1. The van der Waals surface area contributed by atoms with Gasteiger partial charge in [-0.2, -0.15) is 4.31 Å². The Kier molecular flexibility index (Phi) is 6.49. The van der Waals surface area contributed by atoms with Crippen LogP contribution in [-0.4, -0.2) is 45.4 Å². The maximum absolute atomic E-state index is 13.0. The highest BCUT2D eigenvalue weighted by Gasteiger charge is 2.28. The number of sulfonamides is 1. The zero-order valence-corrected chi connectivity index (χ0v) is 20.6. The predicted molar refractivity (Wildman–Crippen MR) is 137 cm³/mol. The van der Waals surface area contributed by atoms with Crippen LogP contribution in [0.1, 0.15) is 34.3 Å². The Bertz CT molecular complexity index is 1330. The summed E-state index contributed by atoms with van der Waals surface area (Å²) in [5, 5.41) is 2.83. The molecule has 2 aliphatic rings. The number of nitrogens with zero attached hydrogens (tertiary/aromatic N) is 2. The molecule has 0 radical (unpaired) electrons. The minimum atomic E-state index is -3.60. The molecule has 2 heterocycles. The molecule has 7 nitrogen and oxygen atoms in total. The van der Waals surface area contributed by atoms with Crippen LogP contribution in [0.25, 0.3) is 0 Å². The van der Waals surface area contributed by atoms with E-state index in [1.165, 1.54) is 34.8 Å². The molecule has 3 aromatic carbocycles. The number of para-hydroxylation sites is 1. The average Bonchev–Trinajstić information content (AvgIpc) is 3.56. The first kappa shape index (κ1) is 23.4. The van der Waals surface area contributed by atoms with E-state index in [-0.39, 0.29) is 10.8 Å². The van der Waals surface area contributed by atoms with Gasteiger partial charge in [0.05, 0.1) is 17.7 Å². The Labute approximate surface area is 206 Å². The van der Waals surface area contributed by atoms with Gasteiger partial charge in [-0.15, -0.1) is 0 Å². The second-order valence-corrected chi connectivity index (χ2v) is 10.9. The maximum atomic E-state index is 13.0. The topological polar surface area (TPSA) is 79.0 Å². The van der Waals surface area contributed by atoms with E-state index in [9.17, 15) is 13.2 Å². The number of ether oxygens (including phenoxy) is 1. The van der Waals surface area contributed by atoms with Crippen molar-refractivity contribution < 1.29 is 17.9 Å². The van der Waals surface area contributed by atoms with Crippen LogP contribution in [0.2, 0.25) is 0 Å². The summed E-state index contributed by atoms with van der Waals surface area (Å²) in [5.41, 5.74) is 4.58. The molecule has 8 heteroatoms. The molecule has 1 saturated heterocycles. The molecule has 1 N–H and O–H groups in total. The Morgan fingerprint density at radius 1 is 0.971 bits per heavy atom. The Morgan fingerprint density at radius 3 is 2.46 bits per heavy atom. The van der Waals surface area contributed by atoms with E-state index in [0.717, 1.165) is 37.9 Å². The van der Waals surface area contributed by atoms with E-state index in [2.05, 4.69) is 34.5 Å². The third-order valence-electron chi connectivity index (χ3n) is 6.69. The molecule has 0 atom stereocenters. The molecule has 35 heavy (non-hydrogen) atoms. The van der Waals surface area contributed by atoms with E-state index in [4.69, 9.17) is 4.74 Å². The van der Waals surface area contributed by atoms with E-state index in [1.54, 1.807) is 18.2 Å². The van der Waals surface area contributed by atoms with Gasteiger partial charge in [-0.05, 0) is 66.8 Å². The van der Waals surface area contributed by atoms with Gasteiger partial charge in [0.15, 0.2) is 0 Å². The molecule has 0 saturated carbocycles. The minimum absolute atomic E-state index is 0.150. The Hall–Kier alpha value is -3.36. The number of anilines is 2. The first-order valence-corrected chi connectivity index (χ1v) is 13.3. The third kappa shape index (κ3) is 4.76. The Morgan fingerprint density at radius 2 is 1.71 bits per heavy atom. The molecular formula is C27H29N3O4S. The summed E-state index contributed by atoms with van der Waals surface area (Å²) in [4.78, 5) is 15.5. The van der Waals surface area contributed by atoms with Crippen LogP contribution in [0.4, 0.5) is 11.4 Å². The van der Waals surface area contributed by atoms with Crippen molar-refractivity contribution in [1.82, 2.24) is 4.31 Å². The number of rotatable bonds is 7. The number of carbonyl (C=O) groups is 1. The lowest BCUT2D eigenvalue weighted by Gasteiger charge is -2.19. The minimum Gasteiger partial charge on any atom is -0.495 e. The van der Waals surface area contributed by atoms with E-state index in [1.807, 2.05) is 12.1 Å². The second-order valence-electron chi connectivity index (χ2n) is 8.92. The van der Waals surface area contributed by atoms with Gasteiger partial charge in [-0.3, -0.25) is 4.79 Å². The largest absolute Gasteiger partial charge is 0.495 e. The lowest BCUT2D eigenvalue weighted by atomic mass is 10.1. The predicted octanol–water partition coefficient (Wildman–Crippen LogP) is 4.29. The summed E-state index contributed by atoms with van der Waals surface area (Å²) in [5.74, 6) is 0.0835. The molecule has 0 aliphatic carbocycles. The van der Waals surface area contributed by atoms with Crippen LogP contribution in [0.5, 0.6) is 5.75 Å². The van der Waals surface area contributed by atoms with E-state index in [0.29, 0.717) is 30.1 Å². The number of amides is 1. The van der Waals surface area contributed by atoms with E-state index >= 15 is 0 Å². The summed E-state index contributed by atoms with van der Waals surface area (Å²) < 4.78 is 32.8. The number of nitrogens with one attached hydrogen (secondary N) is 1. The number of benzene rings is 3.